The van der Waals surface area contributed by atoms with Crippen LogP contribution in [0.3, 0.4) is 0 Å². The number of anilines is 3. The van der Waals surface area contributed by atoms with Gasteiger partial charge in [-0.2, -0.15) is 5.10 Å². The third-order valence-electron chi connectivity index (χ3n) is 16.5. The summed E-state index contributed by atoms with van der Waals surface area (Å²) >= 11 is 1.52. The number of aryl methyl sites for hydroxylation is 1. The monoisotopic (exact) mass is 1000 g/mol. The van der Waals surface area contributed by atoms with Crippen LogP contribution in [0.1, 0.15) is 132 Å². The highest BCUT2D eigenvalue weighted by molar-refractivity contribution is 7.22. The zero-order valence-electron chi connectivity index (χ0n) is 40.5. The normalized spacial score (nSPS) is 22.8. The summed E-state index contributed by atoms with van der Waals surface area (Å²) in [5.41, 5.74) is 7.74. The van der Waals surface area contributed by atoms with Crippen LogP contribution in [0.2, 0.25) is 0 Å². The Morgan fingerprint density at radius 1 is 0.875 bits per heavy atom. The molecule has 7 aliphatic heterocycles. The van der Waals surface area contributed by atoms with Crippen molar-refractivity contribution in [3.8, 4) is 10.4 Å². The Bertz CT molecular complexity index is 2960. The van der Waals surface area contributed by atoms with Crippen LogP contribution in [0.15, 0.2) is 42.7 Å². The summed E-state index contributed by atoms with van der Waals surface area (Å²) in [5, 5.41) is 17.5. The number of carbonyl (C=O) groups is 4. The molecular weight excluding hydrogens is 943 g/mol. The summed E-state index contributed by atoms with van der Waals surface area (Å²) in [4.78, 5) is 72.1. The van der Waals surface area contributed by atoms with Crippen LogP contribution in [-0.4, -0.2) is 134 Å². The van der Waals surface area contributed by atoms with Crippen molar-refractivity contribution in [2.24, 2.45) is 5.92 Å². The zero-order valence-corrected chi connectivity index (χ0v) is 41.3. The Morgan fingerprint density at radius 2 is 1.67 bits per heavy atom. The van der Waals surface area contributed by atoms with E-state index in [0.717, 1.165) is 144 Å². The molecule has 7 aliphatic rings. The van der Waals surface area contributed by atoms with Gasteiger partial charge in [-0.25, -0.2) is 18.7 Å². The van der Waals surface area contributed by atoms with Gasteiger partial charge in [-0.1, -0.05) is 0 Å². The molecule has 0 saturated carbocycles. The number of aromatic nitrogens is 4. The molecule has 72 heavy (non-hydrogen) atoms. The first-order valence-electron chi connectivity index (χ1n) is 25.9. The molecule has 4 amide bonds. The second-order valence-electron chi connectivity index (χ2n) is 20.8. The molecular formula is C53H60F2N10O6S. The molecule has 0 spiro atoms. The number of thiophene rings is 1. The molecule has 2 aromatic carbocycles. The number of benzene rings is 2. The first kappa shape index (κ1) is 47.1. The number of likely N-dealkylation sites (tertiary alicyclic amines) is 1. The topological polar surface area (TPSA) is 170 Å². The first-order chi connectivity index (χ1) is 35.0. The molecule has 2 unspecified atom stereocenters. The highest BCUT2D eigenvalue weighted by atomic mass is 32.1. The lowest BCUT2D eigenvalue weighted by molar-refractivity contribution is -0.131. The summed E-state index contributed by atoms with van der Waals surface area (Å²) in [6.45, 7) is 9.20. The van der Waals surface area contributed by atoms with E-state index in [9.17, 15) is 24.3 Å². The maximum absolute atomic E-state index is 15.4. The van der Waals surface area contributed by atoms with Gasteiger partial charge in [0.25, 0.3) is 18.2 Å². The van der Waals surface area contributed by atoms with Gasteiger partial charge < -0.3 is 34.8 Å². The van der Waals surface area contributed by atoms with Crippen molar-refractivity contribution >= 4 is 62.4 Å². The van der Waals surface area contributed by atoms with E-state index in [1.165, 1.54) is 11.3 Å². The minimum Gasteiger partial charge on any atom is -0.381 e. The van der Waals surface area contributed by atoms with Crippen LogP contribution in [0, 0.1) is 5.92 Å². The number of amides is 4. The third kappa shape index (κ3) is 8.52. The number of imide groups is 1. The number of fused-ring (bicyclic) bond motifs is 4. The summed E-state index contributed by atoms with van der Waals surface area (Å²) in [7, 11) is 0. The molecule has 2 atom stereocenters. The fourth-order valence-corrected chi connectivity index (χ4v) is 13.8. The standard InChI is InChI=1S/C53H60F2N10O6S/c1-30(66)62-20-12-42-40(28-62)50(59-65(42)34-13-21-71-22-14-34)63-15-2-3-33-23-37(38(49(54)55)25-44(33)63)45-26-41-48(72-45)47(57-29-56-41)32-10-16-60(17-11-32)27-31-8-18-61(19-9-31)35-4-5-36-39(24-35)53(70)64(52(36)69)43-6-7-46(67)58-51(43)68/h4-5,23-26,29,31-32,34,43,46,49,67H,2-3,6-22,27-28H2,1H3,(H,58,68). The van der Waals surface area contributed by atoms with Crippen molar-refractivity contribution in [1.82, 2.24) is 39.8 Å². The lowest BCUT2D eigenvalue weighted by Gasteiger charge is -2.38. The zero-order chi connectivity index (χ0) is 49.4. The summed E-state index contributed by atoms with van der Waals surface area (Å²) < 4.78 is 39.6. The molecule has 0 radical (unpaired) electrons. The van der Waals surface area contributed by atoms with Crippen molar-refractivity contribution in [3.05, 3.63) is 81.9 Å². The van der Waals surface area contributed by atoms with E-state index in [4.69, 9.17) is 14.8 Å². The van der Waals surface area contributed by atoms with Gasteiger partial charge in [-0.05, 0) is 125 Å². The smallest absolute Gasteiger partial charge is 0.264 e. The molecule has 19 heteroatoms. The van der Waals surface area contributed by atoms with Crippen LogP contribution in [0.4, 0.5) is 26.0 Å². The van der Waals surface area contributed by atoms with Gasteiger partial charge in [0.15, 0.2) is 5.82 Å². The summed E-state index contributed by atoms with van der Waals surface area (Å²) in [6.07, 6.45) is 6.33. The number of ether oxygens (including phenoxy) is 1. The number of nitrogens with zero attached hydrogens (tertiary/aromatic N) is 9. The predicted octanol–water partition coefficient (Wildman–Crippen LogP) is 7.12. The molecule has 5 aromatic rings. The fourth-order valence-electron chi connectivity index (χ4n) is 12.6. The average Bonchev–Trinajstić information content (AvgIpc) is 4.08. The summed E-state index contributed by atoms with van der Waals surface area (Å²) in [6, 6.07) is 10.3. The molecule has 2 N–H and O–H groups in total. The van der Waals surface area contributed by atoms with Gasteiger partial charge in [0.2, 0.25) is 11.8 Å². The van der Waals surface area contributed by atoms with Crippen LogP contribution in [-0.2, 0) is 33.7 Å². The Kier molecular flexibility index (Phi) is 12.6. The molecule has 378 valence electrons. The quantitative estimate of drug-likeness (QED) is 0.144. The second-order valence-corrected chi connectivity index (χ2v) is 21.8. The molecule has 12 rings (SSSR count). The first-order valence-corrected chi connectivity index (χ1v) is 26.7. The van der Waals surface area contributed by atoms with Crippen molar-refractivity contribution in [3.63, 3.8) is 0 Å². The number of carbonyl (C=O) groups excluding carboxylic acids is 4. The van der Waals surface area contributed by atoms with Crippen LogP contribution >= 0.6 is 11.3 Å². The minimum absolute atomic E-state index is 0.0106. The van der Waals surface area contributed by atoms with E-state index >= 15 is 8.78 Å². The van der Waals surface area contributed by atoms with E-state index in [2.05, 4.69) is 29.7 Å². The molecule has 16 nitrogen and oxygen atoms in total. The predicted molar refractivity (Wildman–Crippen MR) is 267 cm³/mol. The second kappa shape index (κ2) is 19.2. The van der Waals surface area contributed by atoms with Gasteiger partial charge in [0.05, 0.1) is 39.6 Å². The number of aliphatic hydroxyl groups excluding tert-OH is 1. The highest BCUT2D eigenvalue weighted by Gasteiger charge is 2.45. The number of hydrogen-bond donors (Lipinski definition) is 2. The van der Waals surface area contributed by atoms with Gasteiger partial charge in [-0.3, -0.25) is 28.8 Å². The number of halogens is 2. The molecule has 10 heterocycles. The van der Waals surface area contributed by atoms with Crippen molar-refractivity contribution in [2.45, 2.75) is 115 Å². The van der Waals surface area contributed by atoms with Crippen LogP contribution in [0.25, 0.3) is 20.7 Å². The van der Waals surface area contributed by atoms with E-state index in [1.807, 2.05) is 23.1 Å². The molecule has 4 fully saturated rings. The molecule has 0 aliphatic carbocycles. The van der Waals surface area contributed by atoms with Crippen molar-refractivity contribution in [2.75, 3.05) is 68.8 Å². The van der Waals surface area contributed by atoms with E-state index < -0.39 is 36.4 Å². The van der Waals surface area contributed by atoms with Gasteiger partial charge in [-0.15, -0.1) is 11.3 Å². The van der Waals surface area contributed by atoms with Crippen LogP contribution < -0.4 is 15.1 Å². The lowest BCUT2D eigenvalue weighted by atomic mass is 9.90. The minimum atomic E-state index is -2.71. The Hall–Kier alpha value is -5.89. The van der Waals surface area contributed by atoms with E-state index in [1.54, 1.807) is 31.5 Å². The number of aliphatic hydroxyl groups is 1. The van der Waals surface area contributed by atoms with E-state index in [-0.39, 0.29) is 36.3 Å². The largest absolute Gasteiger partial charge is 0.381 e. The highest BCUT2D eigenvalue weighted by Crippen LogP contribution is 2.47. The fraction of sp³-hybridized carbons (Fsp3) is 0.528. The number of alkyl halides is 2. The van der Waals surface area contributed by atoms with Gasteiger partial charge in [0, 0.05) is 104 Å². The average molecular weight is 1000 g/mol. The Balaban J connectivity index is 0.715. The molecule has 0 bridgehead atoms. The number of hydrogen-bond acceptors (Lipinski definition) is 13. The lowest BCUT2D eigenvalue weighted by Crippen LogP contribution is -2.55. The molecule has 3 aromatic heterocycles. The number of nitrogens with one attached hydrogen (secondary N) is 1. The molecule has 4 saturated heterocycles. The number of rotatable bonds is 9. The van der Waals surface area contributed by atoms with Gasteiger partial charge >= 0.3 is 0 Å². The van der Waals surface area contributed by atoms with Gasteiger partial charge in [0.1, 0.15) is 18.6 Å². The number of piperidine rings is 3. The SMILES string of the molecule is CC(=O)N1CCc2c(c(N3CCCc4cc(-c5cc6ncnc(C7CCN(CC8CCN(c9ccc%10c(c9)C(=O)N(C9CCC(O)NC9=O)C%10=O)CC8)CC7)c6s5)c(C(F)F)cc43)nn2C2CCOCC2)C1. The Morgan fingerprint density at radius 3 is 2.43 bits per heavy atom. The van der Waals surface area contributed by atoms with Crippen LogP contribution in [0.5, 0.6) is 0 Å². The van der Waals surface area contributed by atoms with Crippen molar-refractivity contribution in [1.29, 1.82) is 0 Å². The Labute approximate surface area is 420 Å². The van der Waals surface area contributed by atoms with E-state index in [0.29, 0.717) is 61.9 Å². The maximum atomic E-state index is 15.4. The summed E-state index contributed by atoms with van der Waals surface area (Å²) in [5.74, 6) is 0.0709. The maximum Gasteiger partial charge on any atom is 0.264 e. The third-order valence-corrected chi connectivity index (χ3v) is 17.7. The van der Waals surface area contributed by atoms with Crippen molar-refractivity contribution < 1.29 is 37.8 Å².